The van der Waals surface area contributed by atoms with Crippen molar-refractivity contribution in [3.63, 3.8) is 0 Å². The summed E-state index contributed by atoms with van der Waals surface area (Å²) >= 11 is 0. The Balaban J connectivity index is 1.72. The molecule has 0 saturated carbocycles. The van der Waals surface area contributed by atoms with Crippen LogP contribution in [0.25, 0.3) is 0 Å². The summed E-state index contributed by atoms with van der Waals surface area (Å²) in [5, 5.41) is 2.74. The lowest BCUT2D eigenvalue weighted by Gasteiger charge is -2.26. The van der Waals surface area contributed by atoms with Crippen LogP contribution < -0.4 is 5.32 Å². The number of amides is 1. The van der Waals surface area contributed by atoms with Gasteiger partial charge in [0.2, 0.25) is 10.0 Å². The van der Waals surface area contributed by atoms with E-state index in [1.165, 1.54) is 28.6 Å². The smallest absolute Gasteiger partial charge is 0.252 e. The van der Waals surface area contributed by atoms with Crippen LogP contribution in [0.3, 0.4) is 0 Å². The number of hydrogen-bond donors (Lipinski definition) is 1. The molecule has 3 rings (SSSR count). The SMILES string of the molecule is O=C(NCCc1cccc(F)c1)c1ccccc1S(=O)(=O)N1CCCCC1. The fraction of sp³-hybridized carbons (Fsp3) is 0.350. The fourth-order valence-corrected chi connectivity index (χ4v) is 4.94. The van der Waals surface area contributed by atoms with E-state index >= 15 is 0 Å². The van der Waals surface area contributed by atoms with Crippen molar-refractivity contribution in [3.05, 3.63) is 65.5 Å². The summed E-state index contributed by atoms with van der Waals surface area (Å²) in [5.74, 6) is -0.764. The van der Waals surface area contributed by atoms with Crippen molar-refractivity contribution in [2.75, 3.05) is 19.6 Å². The van der Waals surface area contributed by atoms with E-state index in [0.717, 1.165) is 24.8 Å². The Bertz CT molecular complexity index is 909. The molecule has 1 aliphatic heterocycles. The van der Waals surface area contributed by atoms with E-state index in [2.05, 4.69) is 5.32 Å². The molecule has 1 saturated heterocycles. The Labute approximate surface area is 159 Å². The maximum atomic E-state index is 13.2. The van der Waals surface area contributed by atoms with Crippen LogP contribution in [0, 0.1) is 5.82 Å². The highest BCUT2D eigenvalue weighted by atomic mass is 32.2. The second kappa shape index (κ2) is 8.63. The maximum Gasteiger partial charge on any atom is 0.252 e. The summed E-state index contributed by atoms with van der Waals surface area (Å²) in [6.07, 6.45) is 3.15. The number of benzene rings is 2. The summed E-state index contributed by atoms with van der Waals surface area (Å²) in [5.41, 5.74) is 0.909. The van der Waals surface area contributed by atoms with Crippen molar-refractivity contribution in [1.82, 2.24) is 9.62 Å². The van der Waals surface area contributed by atoms with Crippen LogP contribution in [0.2, 0.25) is 0 Å². The number of nitrogens with one attached hydrogen (secondary N) is 1. The molecule has 2 aromatic rings. The highest BCUT2D eigenvalue weighted by Crippen LogP contribution is 2.23. The molecule has 2 aromatic carbocycles. The Morgan fingerprint density at radius 2 is 1.78 bits per heavy atom. The molecule has 0 spiro atoms. The van der Waals surface area contributed by atoms with Gasteiger partial charge in [-0.1, -0.05) is 30.7 Å². The lowest BCUT2D eigenvalue weighted by molar-refractivity contribution is 0.0950. The average Bonchev–Trinajstić information content (AvgIpc) is 2.68. The monoisotopic (exact) mass is 390 g/mol. The fourth-order valence-electron chi connectivity index (χ4n) is 3.23. The van der Waals surface area contributed by atoms with Gasteiger partial charge in [0.1, 0.15) is 5.82 Å². The van der Waals surface area contributed by atoms with Crippen LogP contribution in [0.15, 0.2) is 53.4 Å². The van der Waals surface area contributed by atoms with E-state index in [9.17, 15) is 17.6 Å². The summed E-state index contributed by atoms with van der Waals surface area (Å²) in [6.45, 7) is 1.26. The Morgan fingerprint density at radius 1 is 1.04 bits per heavy atom. The van der Waals surface area contributed by atoms with Crippen LogP contribution in [0.4, 0.5) is 4.39 Å². The number of nitrogens with zero attached hydrogens (tertiary/aromatic N) is 1. The topological polar surface area (TPSA) is 66.5 Å². The molecule has 0 atom stereocenters. The van der Waals surface area contributed by atoms with E-state index in [4.69, 9.17) is 0 Å². The molecule has 0 aromatic heterocycles. The Hall–Kier alpha value is -2.25. The third-order valence-corrected chi connectivity index (χ3v) is 6.61. The quantitative estimate of drug-likeness (QED) is 0.825. The maximum absolute atomic E-state index is 13.2. The number of hydrogen-bond acceptors (Lipinski definition) is 3. The zero-order valence-electron chi connectivity index (χ0n) is 15.0. The van der Waals surface area contributed by atoms with Gasteiger partial charge in [0.15, 0.2) is 0 Å². The first-order valence-electron chi connectivity index (χ1n) is 9.10. The number of sulfonamides is 1. The van der Waals surface area contributed by atoms with Crippen molar-refractivity contribution in [2.45, 2.75) is 30.6 Å². The molecule has 0 unspecified atom stereocenters. The zero-order chi connectivity index (χ0) is 19.3. The molecule has 1 fully saturated rings. The van der Waals surface area contributed by atoms with Crippen LogP contribution >= 0.6 is 0 Å². The van der Waals surface area contributed by atoms with Crippen molar-refractivity contribution in [3.8, 4) is 0 Å². The summed E-state index contributed by atoms with van der Waals surface area (Å²) in [7, 11) is -3.70. The van der Waals surface area contributed by atoms with Crippen LogP contribution in [-0.2, 0) is 16.4 Å². The van der Waals surface area contributed by atoms with E-state index < -0.39 is 15.9 Å². The van der Waals surface area contributed by atoms with Gasteiger partial charge < -0.3 is 5.32 Å². The number of rotatable bonds is 6. The molecule has 5 nitrogen and oxygen atoms in total. The zero-order valence-corrected chi connectivity index (χ0v) is 15.8. The molecule has 1 aliphatic rings. The van der Waals surface area contributed by atoms with Crippen LogP contribution in [0.5, 0.6) is 0 Å². The number of carbonyl (C=O) groups excluding carboxylic acids is 1. The van der Waals surface area contributed by atoms with Crippen molar-refractivity contribution >= 4 is 15.9 Å². The van der Waals surface area contributed by atoms with Gasteiger partial charge in [0, 0.05) is 19.6 Å². The summed E-state index contributed by atoms with van der Waals surface area (Å²) in [6, 6.07) is 12.5. The standard InChI is InChI=1S/C20H23FN2O3S/c21-17-8-6-7-16(15-17)11-12-22-20(24)18-9-2-3-10-19(18)27(25,26)23-13-4-1-5-14-23/h2-3,6-10,15H,1,4-5,11-14H2,(H,22,24). The summed E-state index contributed by atoms with van der Waals surface area (Å²) < 4.78 is 40.6. The normalized spacial score (nSPS) is 15.4. The van der Waals surface area contributed by atoms with Gasteiger partial charge in [0.25, 0.3) is 5.91 Å². The van der Waals surface area contributed by atoms with E-state index in [1.807, 2.05) is 0 Å². The molecular formula is C20H23FN2O3S. The average molecular weight is 390 g/mol. The van der Waals surface area contributed by atoms with Gasteiger partial charge in [-0.05, 0) is 49.1 Å². The summed E-state index contributed by atoms with van der Waals surface area (Å²) in [4.78, 5) is 12.6. The number of halogens is 1. The molecule has 144 valence electrons. The van der Waals surface area contributed by atoms with Gasteiger partial charge in [-0.25, -0.2) is 12.8 Å². The first-order valence-corrected chi connectivity index (χ1v) is 10.5. The molecule has 0 aliphatic carbocycles. The van der Waals surface area contributed by atoms with Gasteiger partial charge >= 0.3 is 0 Å². The van der Waals surface area contributed by atoms with E-state index in [-0.39, 0.29) is 16.3 Å². The van der Waals surface area contributed by atoms with Crippen molar-refractivity contribution < 1.29 is 17.6 Å². The highest BCUT2D eigenvalue weighted by molar-refractivity contribution is 7.89. The Kier molecular flexibility index (Phi) is 6.23. The van der Waals surface area contributed by atoms with Crippen molar-refractivity contribution in [2.24, 2.45) is 0 Å². The predicted molar refractivity (Wildman–Crippen MR) is 101 cm³/mol. The van der Waals surface area contributed by atoms with Gasteiger partial charge in [0.05, 0.1) is 10.5 Å². The van der Waals surface area contributed by atoms with E-state index in [0.29, 0.717) is 26.1 Å². The minimum absolute atomic E-state index is 0.0372. The van der Waals surface area contributed by atoms with Crippen LogP contribution in [0.1, 0.15) is 35.2 Å². The Morgan fingerprint density at radius 3 is 2.52 bits per heavy atom. The number of carbonyl (C=O) groups is 1. The third-order valence-electron chi connectivity index (χ3n) is 4.65. The highest BCUT2D eigenvalue weighted by Gasteiger charge is 2.29. The minimum atomic E-state index is -3.70. The number of piperidine rings is 1. The van der Waals surface area contributed by atoms with E-state index in [1.54, 1.807) is 24.3 Å². The van der Waals surface area contributed by atoms with Crippen molar-refractivity contribution in [1.29, 1.82) is 0 Å². The predicted octanol–water partition coefficient (Wildman–Crippen LogP) is 2.97. The van der Waals surface area contributed by atoms with Gasteiger partial charge in [-0.15, -0.1) is 0 Å². The first-order chi connectivity index (χ1) is 13.0. The third kappa shape index (κ3) is 4.73. The lowest BCUT2D eigenvalue weighted by atomic mass is 10.1. The van der Waals surface area contributed by atoms with Gasteiger partial charge in [-0.3, -0.25) is 4.79 Å². The molecule has 7 heteroatoms. The van der Waals surface area contributed by atoms with Gasteiger partial charge in [-0.2, -0.15) is 4.31 Å². The molecule has 1 amide bonds. The minimum Gasteiger partial charge on any atom is -0.352 e. The largest absolute Gasteiger partial charge is 0.352 e. The van der Waals surface area contributed by atoms with Crippen LogP contribution in [-0.4, -0.2) is 38.3 Å². The first kappa shape index (κ1) is 19.5. The molecule has 27 heavy (non-hydrogen) atoms. The lowest BCUT2D eigenvalue weighted by Crippen LogP contribution is -2.37. The molecule has 1 heterocycles. The second-order valence-electron chi connectivity index (χ2n) is 6.60. The molecular weight excluding hydrogens is 367 g/mol. The molecule has 1 N–H and O–H groups in total. The molecule has 0 bridgehead atoms. The molecule has 0 radical (unpaired) electrons. The second-order valence-corrected chi connectivity index (χ2v) is 8.50.